The van der Waals surface area contributed by atoms with Crippen molar-refractivity contribution >= 4 is 22.7 Å². The minimum Gasteiger partial charge on any atom is -0.310 e. The van der Waals surface area contributed by atoms with Crippen LogP contribution < -0.4 is 5.32 Å². The average molecular weight is 304 g/mol. The van der Waals surface area contributed by atoms with Crippen molar-refractivity contribution in [3.8, 4) is 10.4 Å². The first-order chi connectivity index (χ1) is 9.92. The third kappa shape index (κ3) is 3.78. The Kier molecular flexibility index (Phi) is 5.01. The van der Waals surface area contributed by atoms with E-state index in [-0.39, 0.29) is 0 Å². The molecule has 0 aromatic carbocycles. The molecule has 0 saturated carbocycles. The highest BCUT2D eigenvalue weighted by Crippen LogP contribution is 2.27. The summed E-state index contributed by atoms with van der Waals surface area (Å²) in [6.07, 6.45) is 11.0. The topological polar surface area (TPSA) is 24.9 Å². The third-order valence-corrected chi connectivity index (χ3v) is 5.37. The summed E-state index contributed by atoms with van der Waals surface area (Å²) >= 11 is 3.53. The van der Waals surface area contributed by atoms with E-state index in [9.17, 15) is 0 Å². The molecule has 2 aromatic rings. The van der Waals surface area contributed by atoms with E-state index >= 15 is 0 Å². The molecule has 0 amide bonds. The predicted molar refractivity (Wildman–Crippen MR) is 88.3 cm³/mol. The van der Waals surface area contributed by atoms with Crippen molar-refractivity contribution in [3.63, 3.8) is 0 Å². The smallest absolute Gasteiger partial charge is 0.107 e. The summed E-state index contributed by atoms with van der Waals surface area (Å²) in [7, 11) is 0. The number of aromatic nitrogens is 1. The number of hydrogen-bond donors (Lipinski definition) is 1. The lowest BCUT2D eigenvalue weighted by atomic mass is 9.97. The zero-order valence-corrected chi connectivity index (χ0v) is 13.2. The average Bonchev–Trinajstić information content (AvgIpc) is 3.15. The van der Waals surface area contributed by atoms with Crippen LogP contribution in [-0.4, -0.2) is 11.5 Å². The van der Waals surface area contributed by atoms with E-state index in [0.717, 1.165) is 13.1 Å². The molecular formula is C16H20N2S2. The summed E-state index contributed by atoms with van der Waals surface area (Å²) in [5.74, 6) is 0. The van der Waals surface area contributed by atoms with Gasteiger partial charge in [0, 0.05) is 18.3 Å². The Bertz CT molecular complexity index is 555. The van der Waals surface area contributed by atoms with Crippen LogP contribution in [0.5, 0.6) is 0 Å². The minimum atomic E-state index is 0.891. The van der Waals surface area contributed by atoms with Gasteiger partial charge in [-0.05, 0) is 55.5 Å². The Morgan fingerprint density at radius 2 is 2.30 bits per heavy atom. The first-order valence-corrected chi connectivity index (χ1v) is 9.03. The zero-order valence-electron chi connectivity index (χ0n) is 11.6. The van der Waals surface area contributed by atoms with Crippen LogP contribution in [0.15, 0.2) is 34.7 Å². The monoisotopic (exact) mass is 304 g/mol. The Hall–Kier alpha value is -0.970. The second-order valence-corrected chi connectivity index (χ2v) is 7.06. The molecule has 20 heavy (non-hydrogen) atoms. The van der Waals surface area contributed by atoms with E-state index in [4.69, 9.17) is 0 Å². The molecule has 0 aliphatic heterocycles. The van der Waals surface area contributed by atoms with E-state index in [1.54, 1.807) is 28.2 Å². The number of allylic oxidation sites excluding steroid dienone is 1. The molecule has 0 unspecified atom stereocenters. The summed E-state index contributed by atoms with van der Waals surface area (Å²) < 4.78 is 0. The van der Waals surface area contributed by atoms with Crippen LogP contribution in [0.2, 0.25) is 0 Å². The Morgan fingerprint density at radius 1 is 1.30 bits per heavy atom. The van der Waals surface area contributed by atoms with Crippen LogP contribution in [0, 0.1) is 0 Å². The van der Waals surface area contributed by atoms with Crippen LogP contribution >= 0.6 is 22.7 Å². The molecule has 0 spiro atoms. The molecule has 1 aliphatic rings. The Balaban J connectivity index is 1.43. The van der Waals surface area contributed by atoms with Crippen molar-refractivity contribution in [1.29, 1.82) is 0 Å². The maximum atomic E-state index is 4.50. The van der Waals surface area contributed by atoms with E-state index < -0.39 is 0 Å². The van der Waals surface area contributed by atoms with Gasteiger partial charge in [0.15, 0.2) is 0 Å². The maximum Gasteiger partial charge on any atom is 0.107 e. The van der Waals surface area contributed by atoms with Crippen molar-refractivity contribution in [2.24, 2.45) is 0 Å². The van der Waals surface area contributed by atoms with Crippen LogP contribution in [0.3, 0.4) is 0 Å². The predicted octanol–water partition coefficient (Wildman–Crippen LogP) is 4.85. The number of thiazole rings is 1. The van der Waals surface area contributed by atoms with Crippen molar-refractivity contribution in [1.82, 2.24) is 10.3 Å². The molecule has 0 bridgehead atoms. The fourth-order valence-electron chi connectivity index (χ4n) is 2.51. The number of thiophene rings is 1. The fraction of sp³-hybridized carbons (Fsp3) is 0.438. The second kappa shape index (κ2) is 7.16. The molecule has 2 heterocycles. The minimum absolute atomic E-state index is 0.891. The van der Waals surface area contributed by atoms with E-state index in [1.165, 1.54) is 47.6 Å². The molecule has 2 aromatic heterocycles. The first-order valence-electron chi connectivity index (χ1n) is 7.28. The van der Waals surface area contributed by atoms with Crippen molar-refractivity contribution in [2.45, 2.75) is 38.6 Å². The van der Waals surface area contributed by atoms with Gasteiger partial charge in [-0.2, -0.15) is 11.3 Å². The van der Waals surface area contributed by atoms with Crippen molar-refractivity contribution in [3.05, 3.63) is 39.7 Å². The lowest BCUT2D eigenvalue weighted by Gasteiger charge is -2.12. The Labute approximate surface area is 128 Å². The molecule has 0 atom stereocenters. The molecule has 1 aliphatic carbocycles. The first kappa shape index (κ1) is 14.0. The molecule has 0 radical (unpaired) electrons. The maximum absolute atomic E-state index is 4.50. The van der Waals surface area contributed by atoms with E-state index in [1.807, 2.05) is 6.20 Å². The molecule has 0 saturated heterocycles. The quantitative estimate of drug-likeness (QED) is 0.609. The van der Waals surface area contributed by atoms with Gasteiger partial charge < -0.3 is 5.32 Å². The lowest BCUT2D eigenvalue weighted by molar-refractivity contribution is 0.631. The molecular weight excluding hydrogens is 284 g/mol. The number of nitrogens with zero attached hydrogens (tertiary/aromatic N) is 1. The van der Waals surface area contributed by atoms with Gasteiger partial charge in [-0.25, -0.2) is 4.98 Å². The van der Waals surface area contributed by atoms with Crippen LogP contribution in [0.25, 0.3) is 10.4 Å². The highest BCUT2D eigenvalue weighted by molar-refractivity contribution is 7.15. The standard InChI is InChI=1S/C16H20N2S2/c1-2-4-13(5-3-1)6-8-17-11-16-18-10-15(20-16)14-7-9-19-12-14/h4,7,9-10,12,17H,1-3,5-6,8,11H2. The Morgan fingerprint density at radius 3 is 3.10 bits per heavy atom. The number of hydrogen-bond acceptors (Lipinski definition) is 4. The van der Waals surface area contributed by atoms with Crippen LogP contribution in [0.1, 0.15) is 37.1 Å². The summed E-state index contributed by atoms with van der Waals surface area (Å²) in [4.78, 5) is 5.78. The van der Waals surface area contributed by atoms with Gasteiger partial charge >= 0.3 is 0 Å². The summed E-state index contributed by atoms with van der Waals surface area (Å²) in [6, 6.07) is 2.16. The van der Waals surface area contributed by atoms with Gasteiger partial charge in [0.05, 0.1) is 4.88 Å². The van der Waals surface area contributed by atoms with Crippen molar-refractivity contribution < 1.29 is 0 Å². The fourth-order valence-corrected chi connectivity index (χ4v) is 4.12. The largest absolute Gasteiger partial charge is 0.310 e. The molecule has 2 nitrogen and oxygen atoms in total. The van der Waals surface area contributed by atoms with Gasteiger partial charge in [-0.3, -0.25) is 0 Å². The molecule has 0 fully saturated rings. The number of nitrogens with one attached hydrogen (secondary N) is 1. The summed E-state index contributed by atoms with van der Waals surface area (Å²) in [5.41, 5.74) is 2.94. The number of rotatable bonds is 6. The van der Waals surface area contributed by atoms with Gasteiger partial charge in [0.2, 0.25) is 0 Å². The highest BCUT2D eigenvalue weighted by atomic mass is 32.1. The van der Waals surface area contributed by atoms with Crippen LogP contribution in [-0.2, 0) is 6.54 Å². The molecule has 106 valence electrons. The highest BCUT2D eigenvalue weighted by Gasteiger charge is 2.06. The van der Waals surface area contributed by atoms with Crippen molar-refractivity contribution in [2.75, 3.05) is 6.54 Å². The van der Waals surface area contributed by atoms with E-state index in [2.05, 4.69) is 33.2 Å². The third-order valence-electron chi connectivity index (χ3n) is 3.64. The second-order valence-electron chi connectivity index (χ2n) is 5.17. The lowest BCUT2D eigenvalue weighted by Crippen LogP contribution is -2.15. The van der Waals surface area contributed by atoms with Gasteiger partial charge in [-0.15, -0.1) is 11.3 Å². The summed E-state index contributed by atoms with van der Waals surface area (Å²) in [6.45, 7) is 1.96. The van der Waals surface area contributed by atoms with Gasteiger partial charge in [0.1, 0.15) is 5.01 Å². The van der Waals surface area contributed by atoms with Gasteiger partial charge in [0.25, 0.3) is 0 Å². The van der Waals surface area contributed by atoms with Crippen LogP contribution in [0.4, 0.5) is 0 Å². The van der Waals surface area contributed by atoms with E-state index in [0.29, 0.717) is 0 Å². The molecule has 1 N–H and O–H groups in total. The molecule has 4 heteroatoms. The summed E-state index contributed by atoms with van der Waals surface area (Å²) in [5, 5.41) is 9.00. The zero-order chi connectivity index (χ0) is 13.6. The molecule has 3 rings (SSSR count). The SMILES string of the molecule is C1=C(CCNCc2ncc(-c3ccsc3)s2)CCCC1. The van der Waals surface area contributed by atoms with Gasteiger partial charge in [-0.1, -0.05) is 11.6 Å². The normalized spacial score (nSPS) is 15.3.